The van der Waals surface area contributed by atoms with E-state index in [0.717, 1.165) is 16.8 Å². The van der Waals surface area contributed by atoms with E-state index < -0.39 is 0 Å². The summed E-state index contributed by atoms with van der Waals surface area (Å²) in [5.74, 6) is 0.0923. The maximum Gasteiger partial charge on any atom is 0.255 e. The van der Waals surface area contributed by atoms with Crippen LogP contribution in [0.2, 0.25) is 0 Å². The molecule has 0 aromatic heterocycles. The summed E-state index contributed by atoms with van der Waals surface area (Å²) < 4.78 is 5.16. The summed E-state index contributed by atoms with van der Waals surface area (Å²) >= 11 is 0. The summed E-state index contributed by atoms with van der Waals surface area (Å²) in [5, 5.41) is 5.70. The van der Waals surface area contributed by atoms with Crippen LogP contribution in [0.15, 0.2) is 66.7 Å². The molecule has 0 heterocycles. The SMILES string of the molecule is COc1cccc(NC(=O)c2cccc(C(=O)Nc3cc(C)cc(C)c3)c2)c1. The number of anilines is 2. The highest BCUT2D eigenvalue weighted by Crippen LogP contribution is 2.19. The highest BCUT2D eigenvalue weighted by molar-refractivity contribution is 6.08. The molecule has 0 aliphatic heterocycles. The smallest absolute Gasteiger partial charge is 0.255 e. The number of hydrogen-bond donors (Lipinski definition) is 2. The van der Waals surface area contributed by atoms with E-state index in [4.69, 9.17) is 4.74 Å². The van der Waals surface area contributed by atoms with E-state index in [-0.39, 0.29) is 11.8 Å². The first kappa shape index (κ1) is 19.2. The first-order chi connectivity index (χ1) is 13.4. The van der Waals surface area contributed by atoms with Crippen LogP contribution in [0, 0.1) is 13.8 Å². The Kier molecular flexibility index (Phi) is 5.75. The first-order valence-corrected chi connectivity index (χ1v) is 8.90. The lowest BCUT2D eigenvalue weighted by Gasteiger charge is -2.10. The maximum absolute atomic E-state index is 12.6. The van der Waals surface area contributed by atoms with Crippen molar-refractivity contribution in [1.82, 2.24) is 0 Å². The third-order valence-corrected chi connectivity index (χ3v) is 4.19. The molecule has 0 radical (unpaired) electrons. The van der Waals surface area contributed by atoms with Gasteiger partial charge in [-0.15, -0.1) is 0 Å². The molecule has 0 spiro atoms. The average Bonchev–Trinajstić information content (AvgIpc) is 2.67. The molecule has 0 aliphatic carbocycles. The lowest BCUT2D eigenvalue weighted by Crippen LogP contribution is -2.15. The standard InChI is InChI=1S/C23H22N2O3/c1-15-10-16(2)12-20(11-15)25-23(27)18-7-4-6-17(13-18)22(26)24-19-8-5-9-21(14-19)28-3/h4-14H,1-3H3,(H,24,26)(H,25,27). The number of amides is 2. The number of rotatable bonds is 5. The number of nitrogens with one attached hydrogen (secondary N) is 2. The summed E-state index contributed by atoms with van der Waals surface area (Å²) in [7, 11) is 1.57. The molecule has 5 heteroatoms. The van der Waals surface area contributed by atoms with E-state index in [1.165, 1.54) is 0 Å². The zero-order valence-corrected chi connectivity index (χ0v) is 16.1. The molecule has 0 unspecified atom stereocenters. The molecule has 0 saturated carbocycles. The van der Waals surface area contributed by atoms with Crippen molar-refractivity contribution in [3.8, 4) is 5.75 Å². The van der Waals surface area contributed by atoms with E-state index in [1.807, 2.05) is 32.0 Å². The van der Waals surface area contributed by atoms with E-state index in [9.17, 15) is 9.59 Å². The van der Waals surface area contributed by atoms with Crippen molar-refractivity contribution in [1.29, 1.82) is 0 Å². The molecule has 0 atom stereocenters. The normalized spacial score (nSPS) is 10.2. The number of ether oxygens (including phenoxy) is 1. The second kappa shape index (κ2) is 8.39. The van der Waals surface area contributed by atoms with Crippen molar-refractivity contribution < 1.29 is 14.3 Å². The Morgan fingerprint density at radius 1 is 0.714 bits per heavy atom. The van der Waals surface area contributed by atoms with Gasteiger partial charge in [0.2, 0.25) is 0 Å². The summed E-state index contributed by atoms with van der Waals surface area (Å²) in [6.45, 7) is 3.96. The Balaban J connectivity index is 1.75. The monoisotopic (exact) mass is 374 g/mol. The van der Waals surface area contributed by atoms with Crippen LogP contribution in [0.1, 0.15) is 31.8 Å². The van der Waals surface area contributed by atoms with E-state index in [1.54, 1.807) is 55.6 Å². The van der Waals surface area contributed by atoms with Gasteiger partial charge in [0.15, 0.2) is 0 Å². The van der Waals surface area contributed by atoms with Crippen molar-refractivity contribution >= 4 is 23.2 Å². The zero-order valence-electron chi connectivity index (χ0n) is 16.1. The third kappa shape index (κ3) is 4.76. The lowest BCUT2D eigenvalue weighted by atomic mass is 10.1. The average molecular weight is 374 g/mol. The van der Waals surface area contributed by atoms with Crippen LogP contribution in [0.3, 0.4) is 0 Å². The molecular formula is C23H22N2O3. The molecule has 3 aromatic carbocycles. The molecule has 0 saturated heterocycles. The second-order valence-corrected chi connectivity index (χ2v) is 6.60. The fraction of sp³-hybridized carbons (Fsp3) is 0.130. The zero-order chi connectivity index (χ0) is 20.1. The Morgan fingerprint density at radius 3 is 1.89 bits per heavy atom. The van der Waals surface area contributed by atoms with Crippen molar-refractivity contribution in [2.45, 2.75) is 13.8 Å². The molecular weight excluding hydrogens is 352 g/mol. The lowest BCUT2D eigenvalue weighted by molar-refractivity contribution is 0.102. The molecule has 0 aliphatic rings. The molecule has 0 bridgehead atoms. The summed E-state index contributed by atoms with van der Waals surface area (Å²) in [4.78, 5) is 25.1. The van der Waals surface area contributed by atoms with Crippen LogP contribution in [0.5, 0.6) is 5.75 Å². The predicted molar refractivity (Wildman–Crippen MR) is 111 cm³/mol. The van der Waals surface area contributed by atoms with Crippen molar-refractivity contribution in [3.63, 3.8) is 0 Å². The second-order valence-electron chi connectivity index (χ2n) is 6.60. The molecule has 0 fully saturated rings. The number of hydrogen-bond acceptors (Lipinski definition) is 3. The van der Waals surface area contributed by atoms with Crippen molar-refractivity contribution in [2.24, 2.45) is 0 Å². The number of benzene rings is 3. The van der Waals surface area contributed by atoms with Crippen molar-refractivity contribution in [2.75, 3.05) is 17.7 Å². The third-order valence-electron chi connectivity index (χ3n) is 4.19. The highest BCUT2D eigenvalue weighted by atomic mass is 16.5. The topological polar surface area (TPSA) is 67.4 Å². The van der Waals surface area contributed by atoms with E-state index in [2.05, 4.69) is 10.6 Å². The molecule has 3 rings (SSSR count). The van der Waals surface area contributed by atoms with Crippen LogP contribution in [0.25, 0.3) is 0 Å². The predicted octanol–water partition coefficient (Wildman–Crippen LogP) is 4.82. The molecule has 28 heavy (non-hydrogen) atoms. The van der Waals surface area contributed by atoms with Gasteiger partial charge >= 0.3 is 0 Å². The minimum absolute atomic E-state index is 0.263. The minimum Gasteiger partial charge on any atom is -0.497 e. The number of aryl methyl sites for hydroxylation is 2. The number of carbonyl (C=O) groups is 2. The quantitative estimate of drug-likeness (QED) is 0.673. The van der Waals surface area contributed by atoms with Crippen LogP contribution in [0.4, 0.5) is 11.4 Å². The molecule has 5 nitrogen and oxygen atoms in total. The van der Waals surface area contributed by atoms with Crippen LogP contribution < -0.4 is 15.4 Å². The van der Waals surface area contributed by atoms with Gasteiger partial charge in [-0.05, 0) is 67.4 Å². The summed E-state index contributed by atoms with van der Waals surface area (Å²) in [6.07, 6.45) is 0. The van der Waals surface area contributed by atoms with Crippen molar-refractivity contribution in [3.05, 3.63) is 89.0 Å². The number of carbonyl (C=O) groups excluding carboxylic acids is 2. The Morgan fingerprint density at radius 2 is 1.29 bits per heavy atom. The van der Waals surface area contributed by atoms with Crippen LogP contribution >= 0.6 is 0 Å². The van der Waals surface area contributed by atoms with E-state index in [0.29, 0.717) is 22.6 Å². The molecule has 3 aromatic rings. The van der Waals surface area contributed by atoms with Gasteiger partial charge < -0.3 is 15.4 Å². The summed E-state index contributed by atoms with van der Waals surface area (Å²) in [5.41, 5.74) is 4.31. The van der Waals surface area contributed by atoms with Gasteiger partial charge in [-0.1, -0.05) is 18.2 Å². The van der Waals surface area contributed by atoms with Crippen LogP contribution in [-0.4, -0.2) is 18.9 Å². The van der Waals surface area contributed by atoms with Gasteiger partial charge in [-0.25, -0.2) is 0 Å². The van der Waals surface area contributed by atoms with Gasteiger partial charge in [-0.2, -0.15) is 0 Å². The fourth-order valence-electron chi connectivity index (χ4n) is 2.96. The molecule has 2 amide bonds. The summed E-state index contributed by atoms with van der Waals surface area (Å²) in [6, 6.07) is 19.6. The molecule has 2 N–H and O–H groups in total. The van der Waals surface area contributed by atoms with Gasteiger partial charge in [0.1, 0.15) is 5.75 Å². The molecule has 142 valence electrons. The number of methoxy groups -OCH3 is 1. The fourth-order valence-corrected chi connectivity index (χ4v) is 2.96. The maximum atomic E-state index is 12.6. The van der Waals surface area contributed by atoms with Gasteiger partial charge in [0.05, 0.1) is 7.11 Å². The van der Waals surface area contributed by atoms with E-state index >= 15 is 0 Å². The first-order valence-electron chi connectivity index (χ1n) is 8.90. The van der Waals surface area contributed by atoms with Crippen LogP contribution in [-0.2, 0) is 0 Å². The Labute approximate surface area is 164 Å². The van der Waals surface area contributed by atoms with Gasteiger partial charge in [-0.3, -0.25) is 9.59 Å². The Hall–Kier alpha value is -3.60. The van der Waals surface area contributed by atoms with Gasteiger partial charge in [0.25, 0.3) is 11.8 Å². The Bertz CT molecular complexity index is 1010. The van der Waals surface area contributed by atoms with Gasteiger partial charge in [0, 0.05) is 28.6 Å². The largest absolute Gasteiger partial charge is 0.497 e. The minimum atomic E-state index is -0.297. The highest BCUT2D eigenvalue weighted by Gasteiger charge is 2.12.